The van der Waals surface area contributed by atoms with E-state index in [1.165, 1.54) is 4.90 Å². The van der Waals surface area contributed by atoms with Gasteiger partial charge in [-0.05, 0) is 5.56 Å². The number of halogens is 3. The Morgan fingerprint density at radius 1 is 1.18 bits per heavy atom. The number of hydrogen-bond acceptors (Lipinski definition) is 4. The maximum Gasteiger partial charge on any atom is 0.389 e. The minimum absolute atomic E-state index is 0.250. The van der Waals surface area contributed by atoms with Gasteiger partial charge in [-0.1, -0.05) is 30.3 Å². The molecule has 152 valence electrons. The number of amides is 1. The van der Waals surface area contributed by atoms with Crippen LogP contribution in [0.5, 0.6) is 0 Å². The first-order chi connectivity index (χ1) is 13.3. The lowest BCUT2D eigenvalue weighted by atomic mass is 10.1. The fraction of sp³-hybridized carbons (Fsp3) is 0.444. The fourth-order valence-electron chi connectivity index (χ4n) is 2.86. The van der Waals surface area contributed by atoms with E-state index in [-0.39, 0.29) is 6.47 Å². The molecule has 1 amide bonds. The van der Waals surface area contributed by atoms with Crippen molar-refractivity contribution in [2.75, 3.05) is 13.1 Å². The van der Waals surface area contributed by atoms with E-state index in [9.17, 15) is 18.0 Å². The molecule has 2 heterocycles. The number of benzene rings is 1. The number of carboxylic acid groups (broad SMARTS) is 1. The van der Waals surface area contributed by atoms with Crippen molar-refractivity contribution in [2.45, 2.75) is 38.4 Å². The predicted molar refractivity (Wildman–Crippen MR) is 93.5 cm³/mol. The van der Waals surface area contributed by atoms with Crippen molar-refractivity contribution in [3.63, 3.8) is 0 Å². The highest BCUT2D eigenvalue weighted by Gasteiger charge is 2.29. The Morgan fingerprint density at radius 2 is 1.86 bits per heavy atom. The number of aromatic nitrogens is 3. The van der Waals surface area contributed by atoms with E-state index in [1.54, 1.807) is 4.68 Å². The van der Waals surface area contributed by atoms with E-state index in [4.69, 9.17) is 9.90 Å². The number of fused-ring (bicyclic) bond motifs is 1. The average Bonchev–Trinajstić information content (AvgIpc) is 2.91. The topological polar surface area (TPSA) is 88.3 Å². The van der Waals surface area contributed by atoms with Gasteiger partial charge in [0.15, 0.2) is 5.82 Å². The van der Waals surface area contributed by atoms with Crippen molar-refractivity contribution < 1.29 is 27.9 Å². The van der Waals surface area contributed by atoms with Crippen molar-refractivity contribution in [2.24, 2.45) is 0 Å². The van der Waals surface area contributed by atoms with Crippen LogP contribution in [0.3, 0.4) is 0 Å². The summed E-state index contributed by atoms with van der Waals surface area (Å²) in [6, 6.07) is 9.88. The van der Waals surface area contributed by atoms with Gasteiger partial charge in [-0.15, -0.1) is 0 Å². The molecule has 1 aliphatic rings. The van der Waals surface area contributed by atoms with Crippen LogP contribution in [0.4, 0.5) is 13.2 Å². The van der Waals surface area contributed by atoms with Crippen molar-refractivity contribution in [3.05, 3.63) is 47.5 Å². The second kappa shape index (κ2) is 9.86. The molecule has 28 heavy (non-hydrogen) atoms. The molecule has 0 saturated heterocycles. The zero-order valence-corrected chi connectivity index (χ0v) is 15.1. The highest BCUT2D eigenvalue weighted by Crippen LogP contribution is 2.22. The number of rotatable bonds is 4. The van der Waals surface area contributed by atoms with Crippen LogP contribution < -0.4 is 0 Å². The van der Waals surface area contributed by atoms with Crippen LogP contribution in [-0.4, -0.2) is 56.4 Å². The van der Waals surface area contributed by atoms with E-state index < -0.39 is 24.9 Å². The van der Waals surface area contributed by atoms with Gasteiger partial charge in [-0.3, -0.25) is 9.59 Å². The Hall–Kier alpha value is -2.91. The molecule has 2 aromatic rings. The lowest BCUT2D eigenvalue weighted by molar-refractivity contribution is -0.149. The van der Waals surface area contributed by atoms with Crippen LogP contribution in [0.15, 0.2) is 30.3 Å². The summed E-state index contributed by atoms with van der Waals surface area (Å²) in [4.78, 5) is 26.3. The number of carbonyl (C=O) groups is 2. The molecule has 0 bridgehead atoms. The standard InChI is InChI=1S/C17H19F3N4O.CH2O2/c18-17(19,20)8-6-16(25)23-9-7-15-21-14(22-24(15)11-10-23)12-13-4-2-1-3-5-13;2-1-3/h1-5H,6-12H2;1H,(H,2,3). The molecule has 10 heteroatoms. The molecule has 7 nitrogen and oxygen atoms in total. The Kier molecular flexibility index (Phi) is 7.53. The molecule has 1 aromatic carbocycles. The SMILES string of the molecule is O=C(CCC(F)(F)F)N1CCc2nc(Cc3ccccc3)nn2CC1.O=CO. The second-order valence-electron chi connectivity index (χ2n) is 6.18. The molecule has 0 fully saturated rings. The zero-order chi connectivity index (χ0) is 20.6. The van der Waals surface area contributed by atoms with E-state index in [0.717, 1.165) is 17.2 Å². The van der Waals surface area contributed by atoms with Crippen LogP contribution in [0.1, 0.15) is 30.1 Å². The largest absolute Gasteiger partial charge is 0.483 e. The molecule has 1 N–H and O–H groups in total. The third kappa shape index (κ3) is 6.67. The molecule has 0 saturated carbocycles. The maximum absolute atomic E-state index is 12.3. The Bertz CT molecular complexity index is 753. The molecule has 1 aliphatic heterocycles. The summed E-state index contributed by atoms with van der Waals surface area (Å²) in [6.45, 7) is 0.937. The van der Waals surface area contributed by atoms with Crippen LogP contribution in [0, 0.1) is 0 Å². The van der Waals surface area contributed by atoms with Gasteiger partial charge in [-0.25, -0.2) is 9.67 Å². The highest BCUT2D eigenvalue weighted by molar-refractivity contribution is 5.76. The van der Waals surface area contributed by atoms with Gasteiger partial charge in [0.2, 0.25) is 5.91 Å². The maximum atomic E-state index is 12.3. The molecular weight excluding hydrogens is 377 g/mol. The van der Waals surface area contributed by atoms with E-state index in [0.29, 0.717) is 32.5 Å². The molecule has 0 unspecified atom stereocenters. The lowest BCUT2D eigenvalue weighted by Gasteiger charge is -2.20. The normalized spacial score (nSPS) is 13.8. The van der Waals surface area contributed by atoms with Gasteiger partial charge in [-0.2, -0.15) is 18.3 Å². The first-order valence-corrected chi connectivity index (χ1v) is 8.71. The molecule has 0 radical (unpaired) electrons. The second-order valence-corrected chi connectivity index (χ2v) is 6.18. The molecule has 3 rings (SSSR count). The third-order valence-corrected chi connectivity index (χ3v) is 4.16. The Balaban J connectivity index is 0.000000878. The summed E-state index contributed by atoms with van der Waals surface area (Å²) in [5.74, 6) is 1.03. The van der Waals surface area contributed by atoms with E-state index in [2.05, 4.69) is 10.1 Å². The number of alkyl halides is 3. The van der Waals surface area contributed by atoms with Crippen molar-refractivity contribution in [1.29, 1.82) is 0 Å². The van der Waals surface area contributed by atoms with Gasteiger partial charge in [0.25, 0.3) is 6.47 Å². The number of nitrogens with zero attached hydrogens (tertiary/aromatic N) is 4. The quantitative estimate of drug-likeness (QED) is 0.799. The summed E-state index contributed by atoms with van der Waals surface area (Å²) in [7, 11) is 0. The summed E-state index contributed by atoms with van der Waals surface area (Å²) < 4.78 is 38.5. The van der Waals surface area contributed by atoms with Gasteiger partial charge in [0, 0.05) is 32.4 Å². The van der Waals surface area contributed by atoms with Gasteiger partial charge < -0.3 is 10.0 Å². The molecule has 0 atom stereocenters. The smallest absolute Gasteiger partial charge is 0.389 e. The Labute approximate surface area is 159 Å². The summed E-state index contributed by atoms with van der Waals surface area (Å²) >= 11 is 0. The third-order valence-electron chi connectivity index (χ3n) is 4.16. The van der Waals surface area contributed by atoms with E-state index in [1.807, 2.05) is 30.3 Å². The van der Waals surface area contributed by atoms with Crippen LogP contribution >= 0.6 is 0 Å². The Morgan fingerprint density at radius 3 is 2.50 bits per heavy atom. The minimum Gasteiger partial charge on any atom is -0.483 e. The van der Waals surface area contributed by atoms with Crippen molar-refractivity contribution in [3.8, 4) is 0 Å². The average molecular weight is 398 g/mol. The van der Waals surface area contributed by atoms with Crippen molar-refractivity contribution in [1.82, 2.24) is 19.7 Å². The van der Waals surface area contributed by atoms with Crippen LogP contribution in [0.25, 0.3) is 0 Å². The summed E-state index contributed by atoms with van der Waals surface area (Å²) in [5, 5.41) is 11.4. The van der Waals surface area contributed by atoms with Gasteiger partial charge in [0.1, 0.15) is 5.82 Å². The first-order valence-electron chi connectivity index (χ1n) is 8.71. The summed E-state index contributed by atoms with van der Waals surface area (Å²) in [5.41, 5.74) is 1.12. The van der Waals surface area contributed by atoms with Crippen molar-refractivity contribution >= 4 is 12.4 Å². The highest BCUT2D eigenvalue weighted by atomic mass is 19.4. The molecule has 0 spiro atoms. The molecular formula is C18H21F3N4O3. The molecule has 1 aromatic heterocycles. The predicted octanol–water partition coefficient (Wildman–Crippen LogP) is 2.30. The van der Waals surface area contributed by atoms with Gasteiger partial charge in [0.05, 0.1) is 13.0 Å². The zero-order valence-electron chi connectivity index (χ0n) is 15.1. The fourth-order valence-corrected chi connectivity index (χ4v) is 2.86. The first kappa shape index (κ1) is 21.4. The molecule has 0 aliphatic carbocycles. The van der Waals surface area contributed by atoms with E-state index >= 15 is 0 Å². The minimum atomic E-state index is -4.30. The lowest BCUT2D eigenvalue weighted by Crippen LogP contribution is -2.34. The van der Waals surface area contributed by atoms with Gasteiger partial charge >= 0.3 is 6.18 Å². The van der Waals surface area contributed by atoms with Crippen LogP contribution in [0.2, 0.25) is 0 Å². The number of carbonyl (C=O) groups excluding carboxylic acids is 1. The number of hydrogen-bond donors (Lipinski definition) is 1. The summed E-state index contributed by atoms with van der Waals surface area (Å²) in [6.07, 6.45) is -4.75. The van der Waals surface area contributed by atoms with Crippen LogP contribution in [-0.2, 0) is 29.0 Å². The monoisotopic (exact) mass is 398 g/mol.